The Balaban J connectivity index is 0.867. The second-order valence-electron chi connectivity index (χ2n) is 15.4. The molecule has 4 aliphatic rings. The van der Waals surface area contributed by atoms with E-state index in [1.165, 1.54) is 30.4 Å². The summed E-state index contributed by atoms with van der Waals surface area (Å²) in [5.41, 5.74) is 3.80. The summed E-state index contributed by atoms with van der Waals surface area (Å²) in [4.78, 5) is 27.4. The van der Waals surface area contributed by atoms with Gasteiger partial charge in [-0.3, -0.25) is 4.72 Å². The van der Waals surface area contributed by atoms with E-state index in [1.54, 1.807) is 11.3 Å². The van der Waals surface area contributed by atoms with Crippen molar-refractivity contribution in [1.29, 1.82) is 0 Å². The van der Waals surface area contributed by atoms with E-state index in [-0.39, 0.29) is 18.2 Å². The van der Waals surface area contributed by atoms with Crippen LogP contribution < -0.4 is 19.7 Å². The van der Waals surface area contributed by atoms with E-state index in [1.807, 2.05) is 87.5 Å². The smallest absolute Gasteiger partial charge is 0.417 e. The molecule has 13 heteroatoms. The van der Waals surface area contributed by atoms with Gasteiger partial charge in [0.2, 0.25) is 0 Å². The molecule has 0 spiro atoms. The highest BCUT2D eigenvalue weighted by Crippen LogP contribution is 2.50. The van der Waals surface area contributed by atoms with E-state index in [2.05, 4.69) is 21.0 Å². The molecular formula is C40H45Cl2N5O4S2. The first-order valence-electron chi connectivity index (χ1n) is 18.4. The zero-order chi connectivity index (χ0) is 36.9. The van der Waals surface area contributed by atoms with E-state index in [9.17, 15) is 4.79 Å². The number of halogens is 2. The Kier molecular flexibility index (Phi) is 10.5. The average Bonchev–Trinajstić information content (AvgIpc) is 3.72. The number of thiazole rings is 1. The first-order valence-corrected chi connectivity index (χ1v) is 20.8. The van der Waals surface area contributed by atoms with Crippen LogP contribution in [-0.2, 0) is 16.2 Å². The lowest BCUT2D eigenvalue weighted by atomic mass is 9.94. The van der Waals surface area contributed by atoms with Crippen molar-refractivity contribution in [3.63, 3.8) is 0 Å². The number of rotatable bonds is 11. The minimum atomic E-state index is -0.487. The lowest BCUT2D eigenvalue weighted by molar-refractivity contribution is -0.0998. The summed E-state index contributed by atoms with van der Waals surface area (Å²) in [6, 6.07) is 20.6. The molecule has 3 unspecified atom stereocenters. The Morgan fingerprint density at radius 2 is 1.74 bits per heavy atom. The predicted molar refractivity (Wildman–Crippen MR) is 214 cm³/mol. The number of ether oxygens (including phenoxy) is 2. The molecule has 2 bridgehead atoms. The topological polar surface area (TPSA) is 88.2 Å². The van der Waals surface area contributed by atoms with Crippen molar-refractivity contribution >= 4 is 67.9 Å². The maximum atomic E-state index is 12.5. The van der Waals surface area contributed by atoms with Gasteiger partial charge in [0.15, 0.2) is 5.13 Å². The summed E-state index contributed by atoms with van der Waals surface area (Å²) in [6.45, 7) is 6.95. The van der Waals surface area contributed by atoms with Gasteiger partial charge in [-0.1, -0.05) is 46.7 Å². The highest BCUT2D eigenvalue weighted by atomic mass is 35.5. The predicted octanol–water partition coefficient (Wildman–Crippen LogP) is 10.1. The third-order valence-electron chi connectivity index (χ3n) is 10.3. The molecule has 3 aliphatic heterocycles. The number of piperidine rings is 1. The fraction of sp³-hybridized carbons (Fsp3) is 0.450. The normalized spacial score (nSPS) is 23.1. The third kappa shape index (κ3) is 8.26. The Hall–Kier alpha value is -3.19. The number of fused-ring (bicyclic) bond motifs is 3. The quantitative estimate of drug-likeness (QED) is 0.144. The van der Waals surface area contributed by atoms with Crippen LogP contribution in [0.2, 0.25) is 10.0 Å². The average molecular weight is 795 g/mol. The van der Waals surface area contributed by atoms with Gasteiger partial charge in [0.05, 0.1) is 16.3 Å². The molecule has 3 aromatic carbocycles. The largest absolute Gasteiger partial charge is 0.488 e. The van der Waals surface area contributed by atoms with Crippen LogP contribution in [0, 0.1) is 5.92 Å². The number of nitrogens with one attached hydrogen (secondary N) is 2. The minimum absolute atomic E-state index is 0.111. The van der Waals surface area contributed by atoms with Crippen LogP contribution in [-0.4, -0.2) is 53.5 Å². The summed E-state index contributed by atoms with van der Waals surface area (Å²) in [6.07, 6.45) is 6.29. The van der Waals surface area contributed by atoms with Crippen LogP contribution in [0.3, 0.4) is 0 Å². The summed E-state index contributed by atoms with van der Waals surface area (Å²) in [7, 11) is 1.98. The van der Waals surface area contributed by atoms with Gasteiger partial charge in [-0.15, -0.1) is 5.06 Å². The molecule has 8 rings (SSSR count). The zero-order valence-corrected chi connectivity index (χ0v) is 33.5. The number of anilines is 1. The molecule has 280 valence electrons. The molecule has 0 radical (unpaired) electrons. The second kappa shape index (κ2) is 15.2. The first-order chi connectivity index (χ1) is 25.5. The van der Waals surface area contributed by atoms with Crippen molar-refractivity contribution in [3.05, 3.63) is 93.2 Å². The molecule has 3 fully saturated rings. The van der Waals surface area contributed by atoms with Crippen LogP contribution in [0.25, 0.3) is 10.2 Å². The van der Waals surface area contributed by atoms with Crippen molar-refractivity contribution in [3.8, 4) is 5.75 Å². The molecule has 1 saturated carbocycles. The van der Waals surface area contributed by atoms with Crippen LogP contribution in [0.4, 0.5) is 9.93 Å². The molecular weight excluding hydrogens is 750 g/mol. The monoisotopic (exact) mass is 793 g/mol. The zero-order valence-electron chi connectivity index (χ0n) is 30.4. The molecule has 2 N–H and O–H groups in total. The fourth-order valence-corrected chi connectivity index (χ4v) is 10.2. The summed E-state index contributed by atoms with van der Waals surface area (Å²) in [5, 5.41) is 8.28. The van der Waals surface area contributed by atoms with Gasteiger partial charge < -0.3 is 24.5 Å². The van der Waals surface area contributed by atoms with E-state index in [0.717, 1.165) is 75.1 Å². The molecule has 1 aliphatic carbocycles. The Morgan fingerprint density at radius 1 is 1.02 bits per heavy atom. The number of aromatic nitrogens is 1. The Bertz CT molecular complexity index is 1980. The number of likely N-dealkylation sites (N-methyl/N-ethyl adjacent to an activating group) is 1. The lowest BCUT2D eigenvalue weighted by Gasteiger charge is -2.39. The Labute approximate surface area is 329 Å². The molecule has 9 nitrogen and oxygen atoms in total. The number of hydrogen-bond donors (Lipinski definition) is 2. The standard InChI is InChI=1S/C40H45Cl2N5O4S2/c1-40(2,3)50-28-13-15-29(16-14-28)53-45-39(48)49-22-23-8-17-33-34(18-23)52-38(44-33)47-26-11-12-27(47)20-25(19-26)43-21-30-36(35-31(41)6-5-7-32(35)42)46(4)51-37(30)24-9-10-24/h5-8,13-18,24-27,36,43H,9-12,19-22H2,1-4H3,(H,45,48). The Morgan fingerprint density at radius 3 is 2.42 bits per heavy atom. The van der Waals surface area contributed by atoms with Gasteiger partial charge in [-0.05, 0) is 125 Å². The number of allylic oxidation sites excluding steroid dienone is 1. The highest BCUT2D eigenvalue weighted by Gasteiger charge is 2.45. The SMILES string of the molecule is CN1OC(C2CC2)=C(CNC2CC3CCC(C2)N3c2nc3ccc(COC(=O)NSc4ccc(OC(C)(C)C)cc4)cc3s2)C1c1c(Cl)cccc1Cl. The lowest BCUT2D eigenvalue weighted by Crippen LogP contribution is -2.49. The van der Waals surface area contributed by atoms with E-state index < -0.39 is 6.09 Å². The maximum absolute atomic E-state index is 12.5. The highest BCUT2D eigenvalue weighted by molar-refractivity contribution is 7.98. The summed E-state index contributed by atoms with van der Waals surface area (Å²) >= 11 is 16.4. The number of carbonyl (C=O) groups excluding carboxylic acids is 1. The van der Waals surface area contributed by atoms with Crippen LogP contribution in [0.15, 0.2) is 76.9 Å². The van der Waals surface area contributed by atoms with Gasteiger partial charge in [0, 0.05) is 63.7 Å². The van der Waals surface area contributed by atoms with Crippen molar-refractivity contribution in [2.45, 2.75) is 101 Å². The number of hydrogen-bond acceptors (Lipinski definition) is 10. The van der Waals surface area contributed by atoms with E-state index in [0.29, 0.717) is 34.1 Å². The van der Waals surface area contributed by atoms with E-state index >= 15 is 0 Å². The van der Waals surface area contributed by atoms with Crippen LogP contribution in [0.5, 0.6) is 5.75 Å². The number of amides is 1. The van der Waals surface area contributed by atoms with Crippen molar-refractivity contribution in [2.75, 3.05) is 18.5 Å². The number of nitrogens with zero attached hydrogens (tertiary/aromatic N) is 3. The number of hydroxylamine groups is 2. The second-order valence-corrected chi connectivity index (χ2v) is 18.1. The van der Waals surface area contributed by atoms with Crippen LogP contribution >= 0.6 is 46.5 Å². The minimum Gasteiger partial charge on any atom is -0.488 e. The fourth-order valence-electron chi connectivity index (χ4n) is 7.89. The van der Waals surface area contributed by atoms with Gasteiger partial charge in [-0.2, -0.15) is 0 Å². The van der Waals surface area contributed by atoms with Gasteiger partial charge in [-0.25, -0.2) is 9.78 Å². The van der Waals surface area contributed by atoms with Crippen molar-refractivity contribution < 1.29 is 19.1 Å². The first kappa shape index (κ1) is 36.8. The third-order valence-corrected chi connectivity index (χ3v) is 12.8. The maximum Gasteiger partial charge on any atom is 0.417 e. The van der Waals surface area contributed by atoms with Gasteiger partial charge in [0.1, 0.15) is 23.7 Å². The molecule has 4 heterocycles. The number of benzene rings is 3. The van der Waals surface area contributed by atoms with Gasteiger partial charge >= 0.3 is 6.09 Å². The van der Waals surface area contributed by atoms with Crippen LogP contribution in [0.1, 0.15) is 76.5 Å². The summed E-state index contributed by atoms with van der Waals surface area (Å²) < 4.78 is 15.3. The molecule has 1 aromatic heterocycles. The molecule has 53 heavy (non-hydrogen) atoms. The molecule has 3 atom stereocenters. The molecule has 4 aromatic rings. The molecule has 2 saturated heterocycles. The van der Waals surface area contributed by atoms with E-state index in [4.69, 9.17) is 42.5 Å². The van der Waals surface area contributed by atoms with Gasteiger partial charge in [0.25, 0.3) is 0 Å². The van der Waals surface area contributed by atoms with Crippen molar-refractivity contribution in [1.82, 2.24) is 20.1 Å². The molecule has 1 amide bonds. The van der Waals surface area contributed by atoms with Crippen molar-refractivity contribution in [2.24, 2.45) is 5.92 Å². The number of carbonyl (C=O) groups is 1. The summed E-state index contributed by atoms with van der Waals surface area (Å²) in [5.74, 6) is 2.35.